The van der Waals surface area contributed by atoms with Crippen LogP contribution in [0.2, 0.25) is 0 Å². The van der Waals surface area contributed by atoms with E-state index in [-0.39, 0.29) is 11.9 Å². The SMILES string of the molecule is CCn1ncc2c(NC3CCOCC3)c(C(=O)N[C@@H](c3ccccc3)C(C)O)cnc21. The second-order valence-corrected chi connectivity index (χ2v) is 7.88. The molecule has 1 aliphatic rings. The maximum absolute atomic E-state index is 13.4. The zero-order valence-corrected chi connectivity index (χ0v) is 17.9. The number of aliphatic hydroxyl groups is 1. The van der Waals surface area contributed by atoms with Crippen LogP contribution in [0.5, 0.6) is 0 Å². The molecule has 3 heterocycles. The Kier molecular flexibility index (Phi) is 6.48. The molecule has 1 unspecified atom stereocenters. The van der Waals surface area contributed by atoms with Gasteiger partial charge in [0.15, 0.2) is 5.65 Å². The van der Waals surface area contributed by atoms with Crippen LogP contribution in [-0.2, 0) is 11.3 Å². The standard InChI is InChI=1S/C23H29N5O3/c1-3-28-22-18(14-25-28)21(26-17-9-11-31-12-10-17)19(13-24-22)23(30)27-20(15(2)29)16-7-5-4-6-8-16/h4-8,13-15,17,20,29H,3,9-12H2,1-2H3,(H,24,26)(H,27,30)/t15?,20-/m1/s1. The Morgan fingerprint density at radius 3 is 2.68 bits per heavy atom. The van der Waals surface area contributed by atoms with Crippen molar-refractivity contribution in [3.8, 4) is 0 Å². The Morgan fingerprint density at radius 2 is 2.00 bits per heavy atom. The van der Waals surface area contributed by atoms with E-state index in [9.17, 15) is 9.90 Å². The smallest absolute Gasteiger partial charge is 0.255 e. The van der Waals surface area contributed by atoms with Gasteiger partial charge in [-0.3, -0.25) is 4.79 Å². The number of anilines is 1. The molecule has 31 heavy (non-hydrogen) atoms. The number of benzene rings is 1. The average molecular weight is 424 g/mol. The molecule has 1 amide bonds. The predicted octanol–water partition coefficient (Wildman–Crippen LogP) is 2.89. The van der Waals surface area contributed by atoms with Crippen LogP contribution >= 0.6 is 0 Å². The first-order valence-electron chi connectivity index (χ1n) is 10.8. The highest BCUT2D eigenvalue weighted by atomic mass is 16.5. The molecule has 1 saturated heterocycles. The second kappa shape index (κ2) is 9.45. The quantitative estimate of drug-likeness (QED) is 0.540. The highest BCUT2D eigenvalue weighted by molar-refractivity contribution is 6.06. The zero-order valence-electron chi connectivity index (χ0n) is 17.9. The number of nitrogens with one attached hydrogen (secondary N) is 2. The van der Waals surface area contributed by atoms with Gasteiger partial charge in [-0.15, -0.1) is 0 Å². The minimum Gasteiger partial charge on any atom is -0.391 e. The van der Waals surface area contributed by atoms with Gasteiger partial charge in [0.25, 0.3) is 5.91 Å². The Balaban J connectivity index is 1.69. The molecule has 2 aromatic heterocycles. The molecular formula is C23H29N5O3. The molecular weight excluding hydrogens is 394 g/mol. The van der Waals surface area contributed by atoms with Crippen LogP contribution in [0, 0.1) is 0 Å². The lowest BCUT2D eigenvalue weighted by Gasteiger charge is -2.26. The first-order chi connectivity index (χ1) is 15.1. The van der Waals surface area contributed by atoms with Gasteiger partial charge in [-0.1, -0.05) is 30.3 Å². The monoisotopic (exact) mass is 423 g/mol. The van der Waals surface area contributed by atoms with E-state index in [0.717, 1.165) is 35.1 Å². The van der Waals surface area contributed by atoms with Crippen LogP contribution in [0.25, 0.3) is 11.0 Å². The van der Waals surface area contributed by atoms with Gasteiger partial charge in [-0.2, -0.15) is 5.10 Å². The van der Waals surface area contributed by atoms with E-state index in [1.807, 2.05) is 41.9 Å². The summed E-state index contributed by atoms with van der Waals surface area (Å²) in [4.78, 5) is 17.9. The molecule has 2 atom stereocenters. The van der Waals surface area contributed by atoms with E-state index in [0.29, 0.717) is 25.3 Å². The first-order valence-corrected chi connectivity index (χ1v) is 10.8. The number of fused-ring (bicyclic) bond motifs is 1. The lowest BCUT2D eigenvalue weighted by Crippen LogP contribution is -2.36. The van der Waals surface area contributed by atoms with Crippen molar-refractivity contribution in [3.63, 3.8) is 0 Å². The summed E-state index contributed by atoms with van der Waals surface area (Å²) >= 11 is 0. The highest BCUT2D eigenvalue weighted by Gasteiger charge is 2.25. The van der Waals surface area contributed by atoms with Crippen LogP contribution in [0.15, 0.2) is 42.7 Å². The minimum absolute atomic E-state index is 0.206. The number of ether oxygens (including phenoxy) is 1. The molecule has 3 N–H and O–H groups in total. The van der Waals surface area contributed by atoms with Crippen molar-refractivity contribution in [2.24, 2.45) is 0 Å². The van der Waals surface area contributed by atoms with Crippen molar-refractivity contribution < 1.29 is 14.6 Å². The van der Waals surface area contributed by atoms with Crippen LogP contribution in [0.4, 0.5) is 5.69 Å². The largest absolute Gasteiger partial charge is 0.391 e. The normalized spacial score (nSPS) is 16.7. The fourth-order valence-electron chi connectivity index (χ4n) is 3.99. The van der Waals surface area contributed by atoms with E-state index in [1.165, 1.54) is 0 Å². The minimum atomic E-state index is -0.752. The third-order valence-corrected chi connectivity index (χ3v) is 5.71. The number of rotatable bonds is 7. The summed E-state index contributed by atoms with van der Waals surface area (Å²) in [6.45, 7) is 5.76. The molecule has 8 nitrogen and oxygen atoms in total. The number of carbonyl (C=O) groups excluding carboxylic acids is 1. The van der Waals surface area contributed by atoms with Gasteiger partial charge < -0.3 is 20.5 Å². The second-order valence-electron chi connectivity index (χ2n) is 7.88. The van der Waals surface area contributed by atoms with E-state index < -0.39 is 12.1 Å². The van der Waals surface area contributed by atoms with Gasteiger partial charge in [0.05, 0.1) is 35.0 Å². The number of pyridine rings is 1. The Hall–Kier alpha value is -2.97. The first kappa shape index (κ1) is 21.3. The van der Waals surface area contributed by atoms with E-state index >= 15 is 0 Å². The lowest BCUT2D eigenvalue weighted by atomic mass is 10.0. The van der Waals surface area contributed by atoms with Crippen molar-refractivity contribution in [1.82, 2.24) is 20.1 Å². The molecule has 0 radical (unpaired) electrons. The number of aromatic nitrogens is 3. The van der Waals surface area contributed by atoms with Crippen molar-refractivity contribution in [1.29, 1.82) is 0 Å². The molecule has 0 aliphatic carbocycles. The zero-order chi connectivity index (χ0) is 21.8. The molecule has 4 rings (SSSR count). The maximum atomic E-state index is 13.4. The molecule has 164 valence electrons. The summed E-state index contributed by atoms with van der Waals surface area (Å²) in [5.74, 6) is -0.289. The highest BCUT2D eigenvalue weighted by Crippen LogP contribution is 2.29. The number of amides is 1. The molecule has 1 fully saturated rings. The fourth-order valence-corrected chi connectivity index (χ4v) is 3.99. The summed E-state index contributed by atoms with van der Waals surface area (Å²) < 4.78 is 7.29. The molecule has 0 saturated carbocycles. The van der Waals surface area contributed by atoms with Gasteiger partial charge >= 0.3 is 0 Å². The predicted molar refractivity (Wildman–Crippen MR) is 119 cm³/mol. The van der Waals surface area contributed by atoms with Crippen molar-refractivity contribution in [2.75, 3.05) is 18.5 Å². The number of hydrogen-bond acceptors (Lipinski definition) is 6. The third kappa shape index (κ3) is 4.55. The van der Waals surface area contributed by atoms with E-state index in [1.54, 1.807) is 19.3 Å². The van der Waals surface area contributed by atoms with Gasteiger partial charge in [-0.25, -0.2) is 9.67 Å². The summed E-state index contributed by atoms with van der Waals surface area (Å²) in [5.41, 5.74) is 2.75. The summed E-state index contributed by atoms with van der Waals surface area (Å²) in [7, 11) is 0. The molecule has 0 bridgehead atoms. The topological polar surface area (TPSA) is 101 Å². The van der Waals surface area contributed by atoms with Crippen LogP contribution in [0.3, 0.4) is 0 Å². The summed E-state index contributed by atoms with van der Waals surface area (Å²) in [5, 5.41) is 22.1. The Labute approximate surface area is 181 Å². The van der Waals surface area contributed by atoms with Crippen molar-refractivity contribution >= 4 is 22.6 Å². The lowest BCUT2D eigenvalue weighted by molar-refractivity contribution is 0.0857. The molecule has 1 aliphatic heterocycles. The van der Waals surface area contributed by atoms with E-state index in [2.05, 4.69) is 20.7 Å². The van der Waals surface area contributed by atoms with Gasteiger partial charge in [0.2, 0.25) is 0 Å². The molecule has 8 heteroatoms. The number of hydrogen-bond donors (Lipinski definition) is 3. The van der Waals surface area contributed by atoms with Crippen molar-refractivity contribution in [2.45, 2.75) is 51.4 Å². The van der Waals surface area contributed by atoms with E-state index in [4.69, 9.17) is 4.74 Å². The average Bonchev–Trinajstić information content (AvgIpc) is 3.22. The Bertz CT molecular complexity index is 1030. The van der Waals surface area contributed by atoms with Crippen LogP contribution in [-0.4, -0.2) is 51.1 Å². The molecule has 0 spiro atoms. The number of carbonyl (C=O) groups is 1. The van der Waals surface area contributed by atoms with Gasteiger partial charge in [-0.05, 0) is 32.3 Å². The molecule has 1 aromatic carbocycles. The van der Waals surface area contributed by atoms with Gasteiger partial charge in [0.1, 0.15) is 0 Å². The van der Waals surface area contributed by atoms with Crippen LogP contribution in [0.1, 0.15) is 48.7 Å². The number of nitrogens with zero attached hydrogens (tertiary/aromatic N) is 3. The van der Waals surface area contributed by atoms with Crippen LogP contribution < -0.4 is 10.6 Å². The maximum Gasteiger partial charge on any atom is 0.255 e. The summed E-state index contributed by atoms with van der Waals surface area (Å²) in [6.07, 6.45) is 4.34. The number of aryl methyl sites for hydroxylation is 1. The fraction of sp³-hybridized carbons (Fsp3) is 0.435. The Morgan fingerprint density at radius 1 is 1.26 bits per heavy atom. The van der Waals surface area contributed by atoms with Gasteiger partial charge in [0, 0.05) is 32.0 Å². The summed E-state index contributed by atoms with van der Waals surface area (Å²) in [6, 6.07) is 9.15. The van der Waals surface area contributed by atoms with Crippen molar-refractivity contribution in [3.05, 3.63) is 53.9 Å². The molecule has 3 aromatic rings. The third-order valence-electron chi connectivity index (χ3n) is 5.71. The number of aliphatic hydroxyl groups excluding tert-OH is 1.